The van der Waals surface area contributed by atoms with Crippen molar-refractivity contribution < 1.29 is 29.2 Å². The van der Waals surface area contributed by atoms with Crippen LogP contribution in [-0.2, 0) is 25.0 Å². The molecular weight excluding hydrogens is 176 g/mol. The Hall–Kier alpha value is 0.0525. The van der Waals surface area contributed by atoms with E-state index in [4.69, 9.17) is 4.16 Å². The van der Waals surface area contributed by atoms with Gasteiger partial charge in [-0.2, -0.15) is 0 Å². The van der Waals surface area contributed by atoms with Crippen molar-refractivity contribution in [3.8, 4) is 0 Å². The van der Waals surface area contributed by atoms with Crippen LogP contribution in [0.3, 0.4) is 0 Å². The average molecular weight is 188 g/mol. The summed E-state index contributed by atoms with van der Waals surface area (Å²) in [6.07, 6.45) is 0.539. The summed E-state index contributed by atoms with van der Waals surface area (Å²) in [6, 6.07) is 0. The second-order valence-electron chi connectivity index (χ2n) is 2.62. The van der Waals surface area contributed by atoms with E-state index in [-0.39, 0.29) is 0 Å². The minimum atomic E-state index is -4.98. The van der Waals surface area contributed by atoms with Crippen molar-refractivity contribution >= 4 is 0 Å². The molecule has 5 heteroatoms. The van der Waals surface area contributed by atoms with Crippen LogP contribution >= 0.6 is 0 Å². The van der Waals surface area contributed by atoms with Crippen molar-refractivity contribution in [3.63, 3.8) is 0 Å². The van der Waals surface area contributed by atoms with Crippen molar-refractivity contribution in [1.82, 2.24) is 0 Å². The Morgan fingerprint density at radius 3 is 2.00 bits per heavy atom. The minimum absolute atomic E-state index is 0.539. The van der Waals surface area contributed by atoms with Crippen LogP contribution in [0.5, 0.6) is 0 Å². The Morgan fingerprint density at radius 1 is 1.50 bits per heavy atom. The van der Waals surface area contributed by atoms with E-state index in [2.05, 4.69) is 3.79 Å². The van der Waals surface area contributed by atoms with Crippen LogP contribution in [0.1, 0.15) is 27.2 Å². The van der Waals surface area contributed by atoms with Crippen LogP contribution in [0.25, 0.3) is 0 Å². The molecule has 0 unspecified atom stereocenters. The first-order valence-corrected chi connectivity index (χ1v) is 5.08. The van der Waals surface area contributed by atoms with Crippen LogP contribution in [0.4, 0.5) is 0 Å². The van der Waals surface area contributed by atoms with E-state index in [0.717, 1.165) is 0 Å². The van der Waals surface area contributed by atoms with Gasteiger partial charge in [0.15, 0.2) is 0 Å². The van der Waals surface area contributed by atoms with E-state index in [1.807, 2.05) is 0 Å². The van der Waals surface area contributed by atoms with Gasteiger partial charge in [0.1, 0.15) is 0 Å². The first-order valence-electron chi connectivity index (χ1n) is 2.95. The van der Waals surface area contributed by atoms with E-state index in [1.54, 1.807) is 20.8 Å². The zero-order valence-corrected chi connectivity index (χ0v) is 7.56. The van der Waals surface area contributed by atoms with Gasteiger partial charge in [-0.1, -0.05) is 0 Å². The summed E-state index contributed by atoms with van der Waals surface area (Å²) in [5.41, 5.74) is -0.780. The summed E-state index contributed by atoms with van der Waals surface area (Å²) in [5.74, 6) is 0. The van der Waals surface area contributed by atoms with Crippen molar-refractivity contribution in [3.05, 3.63) is 0 Å². The number of rotatable bonds is 3. The van der Waals surface area contributed by atoms with Gasteiger partial charge in [0.2, 0.25) is 0 Å². The molecular formula is C5H12CrO4. The summed E-state index contributed by atoms with van der Waals surface area (Å²) >= 11 is -4.98. The van der Waals surface area contributed by atoms with Gasteiger partial charge in [-0.3, -0.25) is 0 Å². The van der Waals surface area contributed by atoms with Gasteiger partial charge >= 0.3 is 62.0 Å². The molecule has 0 aromatic rings. The molecule has 0 fully saturated rings. The molecule has 0 aliphatic carbocycles. The van der Waals surface area contributed by atoms with Crippen LogP contribution in [0, 0.1) is 0 Å². The van der Waals surface area contributed by atoms with Crippen molar-refractivity contribution in [2.45, 2.75) is 32.8 Å². The molecule has 0 saturated heterocycles. The molecule has 0 aliphatic heterocycles. The van der Waals surface area contributed by atoms with Gasteiger partial charge in [-0.25, -0.2) is 0 Å². The van der Waals surface area contributed by atoms with E-state index in [9.17, 15) is 7.61 Å². The number of hydrogen-bond donors (Lipinski definition) is 1. The number of hydrogen-bond acceptors (Lipinski definition) is 3. The summed E-state index contributed by atoms with van der Waals surface area (Å²) in [6.45, 7) is 4.99. The van der Waals surface area contributed by atoms with Gasteiger partial charge in [0, 0.05) is 0 Å². The topological polar surface area (TPSA) is 63.6 Å². The molecule has 0 spiro atoms. The first kappa shape index (κ1) is 10.1. The molecule has 0 rings (SSSR count). The predicted octanol–water partition coefficient (Wildman–Crippen LogP) is 0.859. The summed E-state index contributed by atoms with van der Waals surface area (Å²) in [7, 11) is 0. The third kappa shape index (κ3) is 4.89. The third-order valence-electron chi connectivity index (χ3n) is 1.18. The molecule has 10 heavy (non-hydrogen) atoms. The maximum atomic E-state index is 10.2. The SMILES string of the molecule is CCC(C)(C)[O][Cr](=[O])(=[O])[OH]. The van der Waals surface area contributed by atoms with Gasteiger partial charge in [-0.15, -0.1) is 0 Å². The van der Waals surface area contributed by atoms with E-state index >= 15 is 0 Å². The molecule has 1 N–H and O–H groups in total. The van der Waals surface area contributed by atoms with E-state index in [1.165, 1.54) is 0 Å². The summed E-state index contributed by atoms with van der Waals surface area (Å²) in [4.78, 5) is 0. The molecule has 0 aromatic heterocycles. The molecule has 0 aliphatic rings. The third-order valence-corrected chi connectivity index (χ3v) is 2.22. The van der Waals surface area contributed by atoms with Crippen LogP contribution < -0.4 is 0 Å². The molecule has 0 heterocycles. The monoisotopic (exact) mass is 188 g/mol. The van der Waals surface area contributed by atoms with Crippen molar-refractivity contribution in [1.29, 1.82) is 0 Å². The quantitative estimate of drug-likeness (QED) is 0.713. The summed E-state index contributed by atoms with van der Waals surface area (Å²) < 4.78 is 33.1. The fourth-order valence-electron chi connectivity index (χ4n) is 0.344. The Balaban J connectivity index is 4.16. The molecule has 0 radical (unpaired) electrons. The van der Waals surface area contributed by atoms with E-state index in [0.29, 0.717) is 6.42 Å². The normalized spacial score (nSPS) is 13.6. The van der Waals surface area contributed by atoms with Gasteiger partial charge in [-0.05, 0) is 0 Å². The average Bonchev–Trinajstić information content (AvgIpc) is 1.60. The summed E-state index contributed by atoms with van der Waals surface area (Å²) in [5, 5.41) is 0. The molecule has 62 valence electrons. The Labute approximate surface area is 62.6 Å². The molecule has 0 aromatic carbocycles. The van der Waals surface area contributed by atoms with Gasteiger partial charge in [0.25, 0.3) is 0 Å². The molecule has 0 bridgehead atoms. The van der Waals surface area contributed by atoms with Crippen LogP contribution in [-0.4, -0.2) is 9.76 Å². The standard InChI is InChI=1S/C5H11O.Cr.H2O.2O/c1-4-5(2,3)6;;;;/h4H2,1-3H3;;1H2;;/q-1;+2;;;/p-1. The Kier molecular flexibility index (Phi) is 2.99. The maximum absolute atomic E-state index is 10.2. The van der Waals surface area contributed by atoms with Gasteiger partial charge in [0.05, 0.1) is 0 Å². The Bertz CT molecular complexity index is 192. The van der Waals surface area contributed by atoms with E-state index < -0.39 is 19.2 Å². The van der Waals surface area contributed by atoms with Crippen molar-refractivity contribution in [2.24, 2.45) is 0 Å². The zero-order chi connectivity index (χ0) is 8.41. The fourth-order valence-corrected chi connectivity index (χ4v) is 1.42. The molecule has 0 saturated carbocycles. The fraction of sp³-hybridized carbons (Fsp3) is 1.00. The second-order valence-corrected chi connectivity index (χ2v) is 4.22. The van der Waals surface area contributed by atoms with Crippen LogP contribution in [0.15, 0.2) is 0 Å². The molecule has 0 atom stereocenters. The van der Waals surface area contributed by atoms with Gasteiger partial charge < -0.3 is 0 Å². The molecule has 4 nitrogen and oxygen atoms in total. The van der Waals surface area contributed by atoms with Crippen molar-refractivity contribution in [2.75, 3.05) is 0 Å². The first-order chi connectivity index (χ1) is 4.27. The predicted molar refractivity (Wildman–Crippen MR) is 29.0 cm³/mol. The zero-order valence-electron chi connectivity index (χ0n) is 6.29. The second kappa shape index (κ2) is 2.97. The van der Waals surface area contributed by atoms with Crippen LogP contribution in [0.2, 0.25) is 0 Å². The molecule has 0 amide bonds. The Morgan fingerprint density at radius 2 is 1.90 bits per heavy atom.